The molecule has 34 heavy (non-hydrogen) atoms. The van der Waals surface area contributed by atoms with Crippen LogP contribution in [0, 0.1) is 5.82 Å². The zero-order chi connectivity index (χ0) is 24.5. The molecule has 0 heterocycles. The van der Waals surface area contributed by atoms with E-state index in [0.717, 1.165) is 0 Å². The Labute approximate surface area is 205 Å². The fourth-order valence-corrected chi connectivity index (χ4v) is 3.04. The molecule has 0 bridgehead atoms. The summed E-state index contributed by atoms with van der Waals surface area (Å²) in [4.78, 5) is 24.0. The Hall–Kier alpha value is -3.62. The summed E-state index contributed by atoms with van der Waals surface area (Å²) in [6.45, 7) is 2.22. The number of amides is 2. The lowest BCUT2D eigenvalue weighted by Crippen LogP contribution is -2.32. The second kappa shape index (κ2) is 12.0. The molecule has 0 aliphatic heterocycles. The number of ether oxygens (including phenoxy) is 2. The van der Waals surface area contributed by atoms with Crippen LogP contribution in [0.2, 0.25) is 10.0 Å². The third kappa shape index (κ3) is 6.94. The molecule has 0 aliphatic rings. The van der Waals surface area contributed by atoms with Crippen LogP contribution < -0.4 is 20.2 Å². The number of halogens is 3. The van der Waals surface area contributed by atoms with E-state index < -0.39 is 11.8 Å². The van der Waals surface area contributed by atoms with E-state index in [2.05, 4.69) is 15.8 Å². The van der Waals surface area contributed by atoms with Crippen LogP contribution in [0.4, 0.5) is 10.1 Å². The van der Waals surface area contributed by atoms with Crippen molar-refractivity contribution in [1.29, 1.82) is 0 Å². The summed E-state index contributed by atoms with van der Waals surface area (Å²) in [6, 6.07) is 15.7. The fourth-order valence-electron chi connectivity index (χ4n) is 2.74. The van der Waals surface area contributed by atoms with Gasteiger partial charge in [0.05, 0.1) is 22.9 Å². The van der Waals surface area contributed by atoms with Crippen LogP contribution in [0.15, 0.2) is 65.8 Å². The Balaban J connectivity index is 1.60. The highest BCUT2D eigenvalue weighted by molar-refractivity contribution is 6.42. The lowest BCUT2D eigenvalue weighted by Gasteiger charge is -2.13. The van der Waals surface area contributed by atoms with Crippen molar-refractivity contribution in [2.75, 3.05) is 11.9 Å². The predicted octanol–water partition coefficient (Wildman–Crippen LogP) is 5.20. The van der Waals surface area contributed by atoms with E-state index in [4.69, 9.17) is 32.7 Å². The zero-order valence-corrected chi connectivity index (χ0v) is 19.5. The number of carbonyl (C=O) groups is 2. The van der Waals surface area contributed by atoms with Gasteiger partial charge in [-0.05, 0) is 55.0 Å². The van der Waals surface area contributed by atoms with Crippen LogP contribution >= 0.6 is 23.2 Å². The summed E-state index contributed by atoms with van der Waals surface area (Å²) in [5, 5.41) is 6.75. The Morgan fingerprint density at radius 2 is 1.76 bits per heavy atom. The molecule has 0 spiro atoms. The summed E-state index contributed by atoms with van der Waals surface area (Å²) in [5.41, 5.74) is 3.44. The first-order chi connectivity index (χ1) is 16.4. The Morgan fingerprint density at radius 3 is 2.50 bits per heavy atom. The first-order valence-electron chi connectivity index (χ1n) is 10.1. The van der Waals surface area contributed by atoms with Gasteiger partial charge >= 0.3 is 11.8 Å². The highest BCUT2D eigenvalue weighted by Crippen LogP contribution is 2.29. The quantitative estimate of drug-likeness (QED) is 0.251. The maximum Gasteiger partial charge on any atom is 0.329 e. The molecule has 2 amide bonds. The number of anilines is 1. The summed E-state index contributed by atoms with van der Waals surface area (Å²) in [6.07, 6.45) is 1.34. The van der Waals surface area contributed by atoms with Gasteiger partial charge in [-0.15, -0.1) is 0 Å². The average molecular weight is 504 g/mol. The van der Waals surface area contributed by atoms with Crippen molar-refractivity contribution < 1.29 is 23.5 Å². The number of hydrogen-bond acceptors (Lipinski definition) is 5. The molecule has 0 fully saturated rings. The van der Waals surface area contributed by atoms with Gasteiger partial charge in [-0.2, -0.15) is 5.10 Å². The van der Waals surface area contributed by atoms with Crippen LogP contribution in [0.1, 0.15) is 18.1 Å². The van der Waals surface area contributed by atoms with Crippen molar-refractivity contribution in [2.45, 2.75) is 13.5 Å². The Kier molecular flexibility index (Phi) is 8.84. The van der Waals surface area contributed by atoms with E-state index in [-0.39, 0.29) is 17.4 Å². The van der Waals surface area contributed by atoms with Crippen molar-refractivity contribution >= 4 is 46.9 Å². The third-order valence-electron chi connectivity index (χ3n) is 4.37. The van der Waals surface area contributed by atoms with E-state index in [1.165, 1.54) is 30.5 Å². The van der Waals surface area contributed by atoms with Gasteiger partial charge in [0.15, 0.2) is 11.5 Å². The van der Waals surface area contributed by atoms with Crippen molar-refractivity contribution in [3.8, 4) is 11.5 Å². The Bertz CT molecular complexity index is 1220. The van der Waals surface area contributed by atoms with Gasteiger partial charge < -0.3 is 14.8 Å². The normalized spacial score (nSPS) is 10.7. The summed E-state index contributed by atoms with van der Waals surface area (Å²) >= 11 is 11.7. The molecule has 0 saturated carbocycles. The molecule has 10 heteroatoms. The predicted molar refractivity (Wildman–Crippen MR) is 129 cm³/mol. The number of hydrogen-bond donors (Lipinski definition) is 2. The lowest BCUT2D eigenvalue weighted by molar-refractivity contribution is -0.136. The summed E-state index contributed by atoms with van der Waals surface area (Å²) in [7, 11) is 0. The standard InChI is InChI=1S/C24H20Cl2FN3O4/c1-2-33-22-11-15(7-10-21(22)34-14-16-5-3-4-6-20(16)27)13-28-30-24(32)23(31)29-17-8-9-18(25)19(26)12-17/h3-13H,2,14H2,1H3,(H,29,31)(H,30,32). The zero-order valence-electron chi connectivity index (χ0n) is 18.0. The van der Waals surface area contributed by atoms with Gasteiger partial charge in [0.2, 0.25) is 0 Å². The topological polar surface area (TPSA) is 89.0 Å². The number of rotatable bonds is 8. The molecule has 3 rings (SSSR count). The molecule has 0 atom stereocenters. The molecular formula is C24H20Cl2FN3O4. The van der Waals surface area contributed by atoms with Crippen LogP contribution in [0.5, 0.6) is 11.5 Å². The van der Waals surface area contributed by atoms with Crippen molar-refractivity contribution in [3.63, 3.8) is 0 Å². The van der Waals surface area contributed by atoms with Gasteiger partial charge in [-0.25, -0.2) is 9.82 Å². The van der Waals surface area contributed by atoms with E-state index in [1.54, 1.807) is 36.4 Å². The molecule has 3 aromatic carbocycles. The molecule has 2 N–H and O–H groups in total. The number of benzene rings is 3. The molecule has 0 aliphatic carbocycles. The number of carbonyl (C=O) groups excluding carboxylic acids is 2. The minimum Gasteiger partial charge on any atom is -0.490 e. The monoisotopic (exact) mass is 503 g/mol. The smallest absolute Gasteiger partial charge is 0.329 e. The first-order valence-corrected chi connectivity index (χ1v) is 10.9. The lowest BCUT2D eigenvalue weighted by atomic mass is 10.2. The van der Waals surface area contributed by atoms with Gasteiger partial charge in [0.1, 0.15) is 12.4 Å². The van der Waals surface area contributed by atoms with Crippen LogP contribution in [-0.2, 0) is 16.2 Å². The summed E-state index contributed by atoms with van der Waals surface area (Å²) < 4.78 is 25.1. The number of nitrogens with one attached hydrogen (secondary N) is 2. The maximum atomic E-state index is 13.8. The average Bonchev–Trinajstić information content (AvgIpc) is 2.82. The van der Waals surface area contributed by atoms with Gasteiger partial charge in [-0.3, -0.25) is 9.59 Å². The second-order valence-electron chi connectivity index (χ2n) is 6.80. The van der Waals surface area contributed by atoms with Crippen molar-refractivity contribution in [2.24, 2.45) is 5.10 Å². The van der Waals surface area contributed by atoms with Crippen molar-refractivity contribution in [1.82, 2.24) is 5.43 Å². The number of nitrogens with zero attached hydrogens (tertiary/aromatic N) is 1. The van der Waals surface area contributed by atoms with E-state index in [1.807, 2.05) is 6.92 Å². The highest BCUT2D eigenvalue weighted by atomic mass is 35.5. The Morgan fingerprint density at radius 1 is 0.971 bits per heavy atom. The van der Waals surface area contributed by atoms with Gasteiger partial charge in [0.25, 0.3) is 0 Å². The molecule has 0 unspecified atom stereocenters. The SMILES string of the molecule is CCOc1cc(C=NNC(=O)C(=O)Nc2ccc(Cl)c(Cl)c2)ccc1OCc1ccccc1F. The molecule has 3 aromatic rings. The second-order valence-corrected chi connectivity index (χ2v) is 7.62. The molecule has 0 radical (unpaired) electrons. The number of hydrazone groups is 1. The van der Waals surface area contributed by atoms with E-state index in [9.17, 15) is 14.0 Å². The van der Waals surface area contributed by atoms with Gasteiger partial charge in [-0.1, -0.05) is 41.4 Å². The summed E-state index contributed by atoms with van der Waals surface area (Å²) in [5.74, 6) is -1.42. The van der Waals surface area contributed by atoms with Crippen LogP contribution in [0.25, 0.3) is 0 Å². The fraction of sp³-hybridized carbons (Fsp3) is 0.125. The van der Waals surface area contributed by atoms with Crippen molar-refractivity contribution in [3.05, 3.63) is 87.7 Å². The van der Waals surface area contributed by atoms with Crippen LogP contribution in [-0.4, -0.2) is 24.6 Å². The van der Waals surface area contributed by atoms with E-state index >= 15 is 0 Å². The molecule has 176 valence electrons. The largest absolute Gasteiger partial charge is 0.490 e. The molecular weight excluding hydrogens is 484 g/mol. The molecule has 7 nitrogen and oxygen atoms in total. The highest BCUT2D eigenvalue weighted by Gasteiger charge is 2.14. The minimum absolute atomic E-state index is 0.0319. The first kappa shape index (κ1) is 25.0. The molecule has 0 saturated heterocycles. The third-order valence-corrected chi connectivity index (χ3v) is 5.11. The molecule has 0 aromatic heterocycles. The maximum absolute atomic E-state index is 13.8. The minimum atomic E-state index is -0.975. The van der Waals surface area contributed by atoms with Gasteiger partial charge in [0, 0.05) is 11.3 Å². The van der Waals surface area contributed by atoms with E-state index in [0.29, 0.717) is 39.9 Å². The van der Waals surface area contributed by atoms with Crippen LogP contribution in [0.3, 0.4) is 0 Å².